The number of benzene rings is 2. The van der Waals surface area contributed by atoms with Crippen molar-refractivity contribution >= 4 is 11.9 Å². The van der Waals surface area contributed by atoms with Crippen molar-refractivity contribution in [3.63, 3.8) is 0 Å². The highest BCUT2D eigenvalue weighted by molar-refractivity contribution is 5.98. The van der Waals surface area contributed by atoms with Crippen molar-refractivity contribution in [2.45, 2.75) is 98.2 Å². The first-order valence-electron chi connectivity index (χ1n) is 15.0. The van der Waals surface area contributed by atoms with Crippen LogP contribution in [-0.4, -0.2) is 35.9 Å². The van der Waals surface area contributed by atoms with Gasteiger partial charge in [0.1, 0.15) is 0 Å². The highest BCUT2D eigenvalue weighted by atomic mass is 15.3. The molecular weight excluding hydrogens is 480 g/mol. The molecule has 3 aliphatic rings. The minimum Gasteiger partial charge on any atom is -0.321 e. The SMILES string of the molecule is CC/C=C\c1ccccc1.CCC.CCC.N/N=C(\NN)c1ccc(CN2CC3(CC(NC4CC4)C3)C2)cc1. The summed E-state index contributed by atoms with van der Waals surface area (Å²) in [4.78, 5) is 2.54. The van der Waals surface area contributed by atoms with E-state index in [1.54, 1.807) is 0 Å². The smallest absolute Gasteiger partial charge is 0.166 e. The summed E-state index contributed by atoms with van der Waals surface area (Å²) in [6, 6.07) is 20.2. The van der Waals surface area contributed by atoms with E-state index in [2.05, 4.69) is 104 Å². The van der Waals surface area contributed by atoms with Gasteiger partial charge < -0.3 is 16.6 Å². The van der Waals surface area contributed by atoms with Gasteiger partial charge in [0.05, 0.1) is 0 Å². The van der Waals surface area contributed by atoms with Gasteiger partial charge in [-0.2, -0.15) is 5.10 Å². The standard InChI is InChI=1S/C17H26N6.C10H12.2C3H8/c18-21-16(22-19)13-3-1-12(2-4-13)9-23-10-17(11-23)7-15(8-17)20-14-5-6-14;1-2-3-7-10-8-5-4-6-9-10;2*1-3-2/h1-4,14-15,20H,5-11,18-19H2,(H,21,22);3-9H,2H2,1H3;2*3H2,1-2H3/b;7-3-;;. The fraction of sp³-hybridized carbons (Fsp3) is 0.545. The minimum absolute atomic E-state index is 0.503. The van der Waals surface area contributed by atoms with Crippen LogP contribution in [0.4, 0.5) is 0 Å². The maximum absolute atomic E-state index is 5.39. The Morgan fingerprint density at radius 1 is 0.923 bits per heavy atom. The van der Waals surface area contributed by atoms with E-state index < -0.39 is 0 Å². The van der Waals surface area contributed by atoms with Crippen molar-refractivity contribution in [3.8, 4) is 0 Å². The van der Waals surface area contributed by atoms with Gasteiger partial charge in [-0.3, -0.25) is 4.90 Å². The number of hydrogen-bond donors (Lipinski definition) is 4. The summed E-state index contributed by atoms with van der Waals surface area (Å²) >= 11 is 0. The highest BCUT2D eigenvalue weighted by Crippen LogP contribution is 2.49. The van der Waals surface area contributed by atoms with Gasteiger partial charge in [0, 0.05) is 37.3 Å². The molecule has 1 aliphatic heterocycles. The summed E-state index contributed by atoms with van der Waals surface area (Å²) in [5.41, 5.74) is 6.64. The van der Waals surface area contributed by atoms with Crippen LogP contribution in [0.2, 0.25) is 0 Å². The molecular formula is C33H54N6. The third-order valence-electron chi connectivity index (χ3n) is 6.77. The molecule has 2 saturated carbocycles. The van der Waals surface area contributed by atoms with Crippen LogP contribution in [0.15, 0.2) is 65.8 Å². The van der Waals surface area contributed by atoms with Gasteiger partial charge in [-0.25, -0.2) is 5.84 Å². The van der Waals surface area contributed by atoms with Crippen LogP contribution >= 0.6 is 0 Å². The maximum Gasteiger partial charge on any atom is 0.166 e. The molecule has 3 fully saturated rings. The summed E-state index contributed by atoms with van der Waals surface area (Å²) in [7, 11) is 0. The number of nitrogens with two attached hydrogens (primary N) is 2. The number of amidine groups is 1. The largest absolute Gasteiger partial charge is 0.321 e. The molecule has 2 aliphatic carbocycles. The summed E-state index contributed by atoms with van der Waals surface area (Å²) in [6.07, 6.45) is 13.4. The molecule has 1 saturated heterocycles. The molecule has 0 aromatic heterocycles. The Morgan fingerprint density at radius 3 is 2.00 bits per heavy atom. The van der Waals surface area contributed by atoms with Gasteiger partial charge in [-0.1, -0.05) is 114 Å². The van der Waals surface area contributed by atoms with Gasteiger partial charge in [0.25, 0.3) is 0 Å². The molecule has 2 aromatic carbocycles. The molecule has 6 N–H and O–H groups in total. The van der Waals surface area contributed by atoms with Gasteiger partial charge in [-0.05, 0) is 48.6 Å². The Kier molecular flexibility index (Phi) is 14.9. The fourth-order valence-electron chi connectivity index (χ4n) is 5.00. The van der Waals surface area contributed by atoms with Crippen molar-refractivity contribution in [3.05, 3.63) is 77.4 Å². The molecule has 6 nitrogen and oxygen atoms in total. The van der Waals surface area contributed by atoms with E-state index in [0.717, 1.165) is 30.6 Å². The third-order valence-corrected chi connectivity index (χ3v) is 6.77. The monoisotopic (exact) mass is 534 g/mol. The van der Waals surface area contributed by atoms with E-state index in [-0.39, 0.29) is 0 Å². The summed E-state index contributed by atoms with van der Waals surface area (Å²) in [5.74, 6) is 11.2. The van der Waals surface area contributed by atoms with Crippen molar-refractivity contribution in [1.29, 1.82) is 0 Å². The van der Waals surface area contributed by atoms with E-state index in [0.29, 0.717) is 11.3 Å². The molecule has 0 unspecified atom stereocenters. The molecule has 0 bridgehead atoms. The number of hydrazone groups is 1. The van der Waals surface area contributed by atoms with Gasteiger partial charge >= 0.3 is 0 Å². The third kappa shape index (κ3) is 11.5. The Balaban J connectivity index is 0.000000277. The Labute approximate surface area is 238 Å². The average molecular weight is 535 g/mol. The Morgan fingerprint density at radius 2 is 1.51 bits per heavy atom. The molecule has 2 aromatic rings. The normalized spacial score (nSPS) is 17.9. The molecule has 0 atom stereocenters. The second-order valence-corrected chi connectivity index (χ2v) is 11.1. The van der Waals surface area contributed by atoms with Crippen molar-refractivity contribution < 1.29 is 0 Å². The highest BCUT2D eigenvalue weighted by Gasteiger charge is 2.52. The predicted molar refractivity (Wildman–Crippen MR) is 169 cm³/mol. The molecule has 39 heavy (non-hydrogen) atoms. The lowest BCUT2D eigenvalue weighted by Crippen LogP contribution is -2.65. The number of hydrogen-bond acceptors (Lipinski definition) is 5. The van der Waals surface area contributed by atoms with Gasteiger partial charge in [-0.15, -0.1) is 0 Å². The Bertz CT molecular complexity index is 949. The van der Waals surface area contributed by atoms with E-state index in [1.165, 1.54) is 62.7 Å². The van der Waals surface area contributed by atoms with E-state index in [4.69, 9.17) is 11.7 Å². The van der Waals surface area contributed by atoms with Crippen LogP contribution in [0.5, 0.6) is 0 Å². The molecule has 1 spiro atoms. The predicted octanol–water partition coefficient (Wildman–Crippen LogP) is 6.43. The molecule has 0 amide bonds. The molecule has 0 radical (unpaired) electrons. The Hall–Kier alpha value is -2.67. The first-order chi connectivity index (χ1) is 19.0. The topological polar surface area (TPSA) is 91.7 Å². The second-order valence-electron chi connectivity index (χ2n) is 11.1. The van der Waals surface area contributed by atoms with Crippen molar-refractivity contribution in [1.82, 2.24) is 15.6 Å². The first kappa shape index (κ1) is 32.5. The molecule has 5 rings (SSSR count). The quantitative estimate of drug-likeness (QED) is 0.142. The van der Waals surface area contributed by atoms with Crippen LogP contribution in [0.25, 0.3) is 6.08 Å². The van der Waals surface area contributed by atoms with Crippen LogP contribution < -0.4 is 22.4 Å². The fourth-order valence-corrected chi connectivity index (χ4v) is 5.00. The molecule has 1 heterocycles. The summed E-state index contributed by atoms with van der Waals surface area (Å²) in [5, 5.41) is 7.38. The van der Waals surface area contributed by atoms with E-state index >= 15 is 0 Å². The lowest BCUT2D eigenvalue weighted by Gasteiger charge is -2.59. The van der Waals surface area contributed by atoms with E-state index in [1.807, 2.05) is 18.2 Å². The van der Waals surface area contributed by atoms with Crippen LogP contribution in [-0.2, 0) is 6.54 Å². The number of nitrogens with zero attached hydrogens (tertiary/aromatic N) is 2. The summed E-state index contributed by atoms with van der Waals surface area (Å²) in [6.45, 7) is 14.2. The van der Waals surface area contributed by atoms with Crippen LogP contribution in [0.3, 0.4) is 0 Å². The van der Waals surface area contributed by atoms with Crippen molar-refractivity contribution in [2.75, 3.05) is 13.1 Å². The molecule has 6 heteroatoms. The minimum atomic E-state index is 0.503. The number of hydrazine groups is 1. The van der Waals surface area contributed by atoms with Gasteiger partial charge in [0.15, 0.2) is 5.84 Å². The van der Waals surface area contributed by atoms with Crippen LogP contribution in [0, 0.1) is 5.41 Å². The first-order valence-corrected chi connectivity index (χ1v) is 15.0. The van der Waals surface area contributed by atoms with Gasteiger partial charge in [0.2, 0.25) is 0 Å². The zero-order chi connectivity index (χ0) is 28.5. The number of likely N-dealkylation sites (tertiary alicyclic amines) is 1. The summed E-state index contributed by atoms with van der Waals surface area (Å²) < 4.78 is 0. The second kappa shape index (κ2) is 17.8. The zero-order valence-electron chi connectivity index (χ0n) is 25.1. The van der Waals surface area contributed by atoms with Crippen molar-refractivity contribution in [2.24, 2.45) is 22.2 Å². The molecule has 216 valence electrons. The van der Waals surface area contributed by atoms with E-state index in [9.17, 15) is 0 Å². The van der Waals surface area contributed by atoms with Crippen LogP contribution in [0.1, 0.15) is 96.3 Å². The lowest BCUT2D eigenvalue weighted by atomic mass is 9.60. The zero-order valence-corrected chi connectivity index (χ0v) is 25.1. The number of rotatable bonds is 7. The number of nitrogens with one attached hydrogen (secondary N) is 2. The average Bonchev–Trinajstić information content (AvgIpc) is 3.73. The maximum atomic E-state index is 5.39. The lowest BCUT2D eigenvalue weighted by molar-refractivity contribution is -0.0832. The number of allylic oxidation sites excluding steroid dienone is 1.